The van der Waals surface area contributed by atoms with E-state index in [1.807, 2.05) is 26.8 Å². The maximum Gasteiger partial charge on any atom is 0.0682 e. The highest BCUT2D eigenvalue weighted by Crippen LogP contribution is 2.44. The lowest BCUT2D eigenvalue weighted by Gasteiger charge is -2.10. The van der Waals surface area contributed by atoms with Gasteiger partial charge in [-0.25, -0.2) is 0 Å². The van der Waals surface area contributed by atoms with E-state index in [0.29, 0.717) is 12.0 Å². The molecule has 2 aromatic rings. The maximum absolute atomic E-state index is 9.41. The zero-order chi connectivity index (χ0) is 15.4. The van der Waals surface area contributed by atoms with Crippen LogP contribution in [-0.4, -0.2) is 11.1 Å². The number of rotatable bonds is 4. The van der Waals surface area contributed by atoms with Crippen LogP contribution in [0, 0.1) is 0 Å². The minimum atomic E-state index is 0.100. The lowest BCUT2D eigenvalue weighted by Crippen LogP contribution is -2.14. The fourth-order valence-corrected chi connectivity index (χ4v) is 2.82. The summed E-state index contributed by atoms with van der Waals surface area (Å²) < 4.78 is 0. The molecule has 3 rings (SSSR count). The Bertz CT molecular complexity index is 632. The predicted octanol–water partition coefficient (Wildman–Crippen LogP) is 4.34. The summed E-state index contributed by atoms with van der Waals surface area (Å²) >= 11 is 0. The van der Waals surface area contributed by atoms with Gasteiger partial charge in [-0.2, -0.15) is 0 Å². The van der Waals surface area contributed by atoms with Crippen molar-refractivity contribution in [3.05, 3.63) is 59.8 Å². The molecule has 1 aliphatic rings. The first kappa shape index (κ1) is 15.6. The third kappa shape index (κ3) is 3.45. The topological polar surface area (TPSA) is 32.3 Å². The molecule has 1 aliphatic carbocycles. The van der Waals surface area contributed by atoms with Gasteiger partial charge in [-0.15, -0.1) is 0 Å². The smallest absolute Gasteiger partial charge is 0.0682 e. The zero-order valence-corrected chi connectivity index (χ0v) is 13.2. The van der Waals surface area contributed by atoms with Gasteiger partial charge in [0.25, 0.3) is 0 Å². The lowest BCUT2D eigenvalue weighted by atomic mass is 9.98. The molecule has 0 aromatic heterocycles. The van der Waals surface area contributed by atoms with Crippen LogP contribution in [0.25, 0.3) is 10.8 Å². The van der Waals surface area contributed by atoms with Crippen LogP contribution in [0.3, 0.4) is 0 Å². The van der Waals surface area contributed by atoms with Gasteiger partial charge in [-0.05, 0) is 41.3 Å². The molecule has 2 atom stereocenters. The molecule has 0 bridgehead atoms. The minimum absolute atomic E-state index is 0.100. The van der Waals surface area contributed by atoms with Crippen molar-refractivity contribution in [3.63, 3.8) is 0 Å². The van der Waals surface area contributed by atoms with E-state index in [4.69, 9.17) is 0 Å². The van der Waals surface area contributed by atoms with E-state index in [1.165, 1.54) is 16.3 Å². The molecule has 2 aromatic carbocycles. The van der Waals surface area contributed by atoms with Crippen molar-refractivity contribution < 1.29 is 5.11 Å². The molecule has 112 valence electrons. The maximum atomic E-state index is 9.41. The van der Waals surface area contributed by atoms with Crippen molar-refractivity contribution in [1.82, 2.24) is 5.32 Å². The Morgan fingerprint density at radius 3 is 2.67 bits per heavy atom. The van der Waals surface area contributed by atoms with Gasteiger partial charge in [0.1, 0.15) is 0 Å². The van der Waals surface area contributed by atoms with Crippen molar-refractivity contribution >= 4 is 10.8 Å². The molecule has 2 unspecified atom stereocenters. The fourth-order valence-electron chi connectivity index (χ4n) is 2.82. The monoisotopic (exact) mass is 283 g/mol. The molecule has 0 amide bonds. The molecule has 0 saturated heterocycles. The van der Waals surface area contributed by atoms with E-state index in [1.54, 1.807) is 0 Å². The average molecular weight is 283 g/mol. The molecule has 0 aliphatic heterocycles. The van der Waals surface area contributed by atoms with Gasteiger partial charge in [-0.1, -0.05) is 50.8 Å². The van der Waals surface area contributed by atoms with E-state index in [9.17, 15) is 5.11 Å². The van der Waals surface area contributed by atoms with Crippen LogP contribution in [0.4, 0.5) is 0 Å². The fraction of sp³-hybridized carbons (Fsp3) is 0.368. The SMILES string of the molecule is C=C(C)NC1CC1c1cc(CO)cc2ccccc12.CC. The number of fused-ring (bicyclic) bond motifs is 1. The largest absolute Gasteiger partial charge is 0.392 e. The summed E-state index contributed by atoms with van der Waals surface area (Å²) in [4.78, 5) is 0. The second-order valence-electron chi connectivity index (χ2n) is 5.44. The Morgan fingerprint density at radius 2 is 2.00 bits per heavy atom. The van der Waals surface area contributed by atoms with E-state index in [2.05, 4.69) is 42.2 Å². The van der Waals surface area contributed by atoms with E-state index < -0.39 is 0 Å². The highest BCUT2D eigenvalue weighted by molar-refractivity contribution is 5.87. The lowest BCUT2D eigenvalue weighted by molar-refractivity contribution is 0.282. The third-order valence-corrected chi connectivity index (χ3v) is 3.76. The van der Waals surface area contributed by atoms with Gasteiger partial charge in [0.2, 0.25) is 0 Å². The average Bonchev–Trinajstić information content (AvgIpc) is 3.26. The number of aliphatic hydroxyl groups excluding tert-OH is 1. The highest BCUT2D eigenvalue weighted by Gasteiger charge is 2.39. The standard InChI is InChI=1S/C17H19NO.C2H6/c1-11(2)18-17-9-16(17)15-8-12(10-19)7-13-5-3-4-6-14(13)15;1-2/h3-8,16-19H,1,9-10H2,2H3;1-2H3. The quantitative estimate of drug-likeness (QED) is 0.875. The summed E-state index contributed by atoms with van der Waals surface area (Å²) in [6.45, 7) is 10.0. The van der Waals surface area contributed by atoms with Gasteiger partial charge in [0.05, 0.1) is 6.61 Å². The summed E-state index contributed by atoms with van der Waals surface area (Å²) in [6.07, 6.45) is 1.14. The second-order valence-corrected chi connectivity index (χ2v) is 5.44. The molecule has 1 fully saturated rings. The normalized spacial score (nSPS) is 19.6. The van der Waals surface area contributed by atoms with E-state index in [-0.39, 0.29) is 6.61 Å². The molecule has 0 heterocycles. The van der Waals surface area contributed by atoms with Crippen LogP contribution in [0.2, 0.25) is 0 Å². The highest BCUT2D eigenvalue weighted by atomic mass is 16.3. The van der Waals surface area contributed by atoms with Gasteiger partial charge >= 0.3 is 0 Å². The summed E-state index contributed by atoms with van der Waals surface area (Å²) in [5.74, 6) is 0.535. The Morgan fingerprint density at radius 1 is 1.29 bits per heavy atom. The van der Waals surface area contributed by atoms with Gasteiger partial charge < -0.3 is 10.4 Å². The minimum Gasteiger partial charge on any atom is -0.392 e. The first-order valence-corrected chi connectivity index (χ1v) is 7.73. The van der Waals surface area contributed by atoms with Crippen LogP contribution in [-0.2, 0) is 6.61 Å². The van der Waals surface area contributed by atoms with E-state index in [0.717, 1.165) is 17.7 Å². The zero-order valence-electron chi connectivity index (χ0n) is 13.2. The number of allylic oxidation sites excluding steroid dienone is 1. The Balaban J connectivity index is 0.000000774. The Kier molecular flexibility index (Phi) is 5.03. The predicted molar refractivity (Wildman–Crippen MR) is 90.3 cm³/mol. The summed E-state index contributed by atoms with van der Waals surface area (Å²) in [6, 6.07) is 13.1. The van der Waals surface area contributed by atoms with Crippen LogP contribution < -0.4 is 5.32 Å². The molecule has 0 spiro atoms. The Labute approximate surface area is 127 Å². The second kappa shape index (κ2) is 6.77. The number of benzene rings is 2. The molecular weight excluding hydrogens is 258 g/mol. The Hall–Kier alpha value is -1.80. The first-order valence-electron chi connectivity index (χ1n) is 7.73. The van der Waals surface area contributed by atoms with Crippen molar-refractivity contribution in [2.45, 2.75) is 45.8 Å². The number of hydrogen-bond acceptors (Lipinski definition) is 2. The molecule has 2 nitrogen and oxygen atoms in total. The van der Waals surface area contributed by atoms with Gasteiger partial charge in [0, 0.05) is 17.7 Å². The number of aliphatic hydroxyl groups is 1. The van der Waals surface area contributed by atoms with Gasteiger partial charge in [0.15, 0.2) is 0 Å². The molecule has 2 heteroatoms. The van der Waals surface area contributed by atoms with Crippen LogP contribution in [0.1, 0.15) is 44.2 Å². The molecular formula is C19H25NO. The third-order valence-electron chi connectivity index (χ3n) is 3.76. The summed E-state index contributed by atoms with van der Waals surface area (Å²) in [7, 11) is 0. The summed E-state index contributed by atoms with van der Waals surface area (Å²) in [5.41, 5.74) is 3.37. The molecule has 1 saturated carbocycles. The molecule has 0 radical (unpaired) electrons. The van der Waals surface area contributed by atoms with Crippen molar-refractivity contribution in [2.75, 3.05) is 0 Å². The number of hydrogen-bond donors (Lipinski definition) is 2. The van der Waals surface area contributed by atoms with Crippen molar-refractivity contribution in [2.24, 2.45) is 0 Å². The summed E-state index contributed by atoms with van der Waals surface area (Å²) in [5, 5.41) is 15.3. The van der Waals surface area contributed by atoms with Crippen molar-refractivity contribution in [3.8, 4) is 0 Å². The van der Waals surface area contributed by atoms with Crippen molar-refractivity contribution in [1.29, 1.82) is 0 Å². The van der Waals surface area contributed by atoms with Crippen LogP contribution in [0.5, 0.6) is 0 Å². The number of nitrogens with one attached hydrogen (secondary N) is 1. The first-order chi connectivity index (χ1) is 10.2. The van der Waals surface area contributed by atoms with Gasteiger partial charge in [-0.3, -0.25) is 0 Å². The molecule has 2 N–H and O–H groups in total. The van der Waals surface area contributed by atoms with Crippen LogP contribution >= 0.6 is 0 Å². The molecule has 21 heavy (non-hydrogen) atoms. The van der Waals surface area contributed by atoms with E-state index >= 15 is 0 Å². The van der Waals surface area contributed by atoms with Crippen LogP contribution in [0.15, 0.2) is 48.7 Å².